The molecule has 0 saturated carbocycles. The first-order valence-corrected chi connectivity index (χ1v) is 11.2. The quantitative estimate of drug-likeness (QED) is 0.191. The van der Waals surface area contributed by atoms with Crippen molar-refractivity contribution in [3.8, 4) is 23.3 Å². The van der Waals surface area contributed by atoms with Gasteiger partial charge in [0.05, 0.1) is 0 Å². The summed E-state index contributed by atoms with van der Waals surface area (Å²) in [6.45, 7) is 4.20. The van der Waals surface area contributed by atoms with Crippen LogP contribution in [0.3, 0.4) is 0 Å². The summed E-state index contributed by atoms with van der Waals surface area (Å²) < 4.78 is 20.9. The van der Waals surface area contributed by atoms with Crippen LogP contribution in [0.1, 0.15) is 22.5 Å². The highest BCUT2D eigenvalue weighted by molar-refractivity contribution is 6.09. The molecule has 1 amide bonds. The van der Waals surface area contributed by atoms with Gasteiger partial charge in [0, 0.05) is 22.8 Å². The maximum atomic E-state index is 13.1. The summed E-state index contributed by atoms with van der Waals surface area (Å²) >= 11 is 0. The molecule has 0 aliphatic rings. The summed E-state index contributed by atoms with van der Waals surface area (Å²) in [6.07, 6.45) is 1.56. The fraction of sp³-hybridized carbons (Fsp3) is 0.103. The SMILES string of the molecule is Cc1cc(C=C(C#N)C(=O)Nc2ccc(O)cc2)c(C)n1-c1ccc(OCc2ccc(F)cc2)cc1. The molecule has 1 aromatic heterocycles. The largest absolute Gasteiger partial charge is 0.508 e. The van der Waals surface area contributed by atoms with E-state index in [-0.39, 0.29) is 17.1 Å². The van der Waals surface area contributed by atoms with Crippen LogP contribution in [-0.2, 0) is 11.4 Å². The Kier molecular flexibility index (Phi) is 7.17. The molecule has 3 aromatic carbocycles. The number of hydrogen-bond acceptors (Lipinski definition) is 4. The summed E-state index contributed by atoms with van der Waals surface area (Å²) in [5.41, 5.74) is 4.79. The number of rotatable bonds is 7. The minimum absolute atomic E-state index is 0.0344. The van der Waals surface area contributed by atoms with E-state index in [9.17, 15) is 19.6 Å². The Balaban J connectivity index is 1.50. The highest BCUT2D eigenvalue weighted by Gasteiger charge is 2.14. The second-order valence-electron chi connectivity index (χ2n) is 8.24. The van der Waals surface area contributed by atoms with Crippen LogP contribution in [0.4, 0.5) is 10.1 Å². The van der Waals surface area contributed by atoms with Crippen LogP contribution in [-0.4, -0.2) is 15.6 Å². The molecule has 0 radical (unpaired) electrons. The van der Waals surface area contributed by atoms with Crippen molar-refractivity contribution in [3.05, 3.63) is 113 Å². The summed E-state index contributed by atoms with van der Waals surface area (Å²) in [7, 11) is 0. The third kappa shape index (κ3) is 5.62. The zero-order valence-corrected chi connectivity index (χ0v) is 19.8. The van der Waals surface area contributed by atoms with E-state index in [4.69, 9.17) is 4.74 Å². The second kappa shape index (κ2) is 10.6. The molecule has 0 aliphatic heterocycles. The van der Waals surface area contributed by atoms with E-state index in [1.807, 2.05) is 54.8 Å². The lowest BCUT2D eigenvalue weighted by atomic mass is 10.1. The van der Waals surface area contributed by atoms with Crippen molar-refractivity contribution < 1.29 is 19.0 Å². The molecule has 1 heterocycles. The van der Waals surface area contributed by atoms with Gasteiger partial charge in [0.1, 0.15) is 35.6 Å². The van der Waals surface area contributed by atoms with E-state index in [1.165, 1.54) is 24.3 Å². The first kappa shape index (κ1) is 24.3. The van der Waals surface area contributed by atoms with Crippen molar-refractivity contribution in [2.24, 2.45) is 0 Å². The third-order valence-corrected chi connectivity index (χ3v) is 5.67. The maximum absolute atomic E-state index is 13.1. The number of aryl methyl sites for hydroxylation is 1. The van der Waals surface area contributed by atoms with Gasteiger partial charge in [0.2, 0.25) is 0 Å². The van der Waals surface area contributed by atoms with Crippen LogP contribution >= 0.6 is 0 Å². The summed E-state index contributed by atoms with van der Waals surface area (Å²) in [4.78, 5) is 12.6. The van der Waals surface area contributed by atoms with E-state index >= 15 is 0 Å². The summed E-state index contributed by atoms with van der Waals surface area (Å²) in [6, 6.07) is 23.7. The molecule has 7 heteroatoms. The third-order valence-electron chi connectivity index (χ3n) is 5.67. The number of nitrogens with zero attached hydrogens (tertiary/aromatic N) is 2. The highest BCUT2D eigenvalue weighted by Crippen LogP contribution is 2.25. The number of nitrogens with one attached hydrogen (secondary N) is 1. The Morgan fingerprint density at radius 2 is 1.72 bits per heavy atom. The number of phenolic OH excluding ortho intramolecular Hbond substituents is 1. The number of amides is 1. The molecule has 4 aromatic rings. The molecule has 36 heavy (non-hydrogen) atoms. The van der Waals surface area contributed by atoms with Crippen LogP contribution in [0.15, 0.2) is 84.4 Å². The molecule has 0 saturated heterocycles. The van der Waals surface area contributed by atoms with Crippen molar-refractivity contribution in [1.29, 1.82) is 5.26 Å². The van der Waals surface area contributed by atoms with Gasteiger partial charge in [-0.25, -0.2) is 4.39 Å². The van der Waals surface area contributed by atoms with Gasteiger partial charge >= 0.3 is 0 Å². The number of halogens is 1. The Hall–Kier alpha value is -4.83. The van der Waals surface area contributed by atoms with Crippen molar-refractivity contribution in [2.75, 3.05) is 5.32 Å². The maximum Gasteiger partial charge on any atom is 0.266 e. The predicted molar refractivity (Wildman–Crippen MR) is 136 cm³/mol. The van der Waals surface area contributed by atoms with Crippen molar-refractivity contribution in [1.82, 2.24) is 4.57 Å². The number of benzene rings is 3. The smallest absolute Gasteiger partial charge is 0.266 e. The van der Waals surface area contributed by atoms with E-state index in [0.717, 1.165) is 28.2 Å². The number of ether oxygens (including phenoxy) is 1. The Labute approximate surface area is 208 Å². The normalized spacial score (nSPS) is 11.1. The van der Waals surface area contributed by atoms with E-state index in [2.05, 4.69) is 5.32 Å². The fourth-order valence-electron chi connectivity index (χ4n) is 3.82. The van der Waals surface area contributed by atoms with Crippen molar-refractivity contribution >= 4 is 17.7 Å². The Morgan fingerprint density at radius 3 is 2.36 bits per heavy atom. The molecular weight excluding hydrogens is 457 g/mol. The Morgan fingerprint density at radius 1 is 1.06 bits per heavy atom. The van der Waals surface area contributed by atoms with Gasteiger partial charge in [0.15, 0.2) is 0 Å². The number of hydrogen-bond donors (Lipinski definition) is 2. The Bertz CT molecular complexity index is 1450. The summed E-state index contributed by atoms with van der Waals surface area (Å²) in [5, 5.41) is 21.6. The van der Waals surface area contributed by atoms with E-state index in [1.54, 1.807) is 30.3 Å². The van der Waals surface area contributed by atoms with Gasteiger partial charge in [-0.15, -0.1) is 0 Å². The zero-order chi connectivity index (χ0) is 25.7. The number of anilines is 1. The number of aromatic nitrogens is 1. The van der Waals surface area contributed by atoms with Crippen LogP contribution < -0.4 is 10.1 Å². The molecule has 0 fully saturated rings. The van der Waals surface area contributed by atoms with E-state index in [0.29, 0.717) is 18.0 Å². The van der Waals surface area contributed by atoms with Crippen LogP contribution in [0.25, 0.3) is 11.8 Å². The standard InChI is InChI=1S/C29H24FN3O3/c1-19-15-22(16-23(17-31)29(35)32-25-7-11-27(34)12-8-25)20(2)33(19)26-9-13-28(14-10-26)36-18-21-3-5-24(30)6-4-21/h3-16,34H,18H2,1-2H3,(H,32,35). The predicted octanol–water partition coefficient (Wildman–Crippen LogP) is 6.06. The number of carbonyl (C=O) groups excluding carboxylic acids is 1. The number of phenols is 1. The number of nitriles is 1. The molecular formula is C29H24FN3O3. The lowest BCUT2D eigenvalue weighted by Gasteiger charge is -2.12. The lowest BCUT2D eigenvalue weighted by molar-refractivity contribution is -0.112. The van der Waals surface area contributed by atoms with Gasteiger partial charge in [-0.1, -0.05) is 12.1 Å². The van der Waals surface area contributed by atoms with Crippen molar-refractivity contribution in [3.63, 3.8) is 0 Å². The molecule has 0 aliphatic carbocycles. The molecule has 2 N–H and O–H groups in total. The van der Waals surface area contributed by atoms with Gasteiger partial charge in [-0.2, -0.15) is 5.26 Å². The molecule has 0 spiro atoms. The molecule has 4 rings (SSSR count). The highest BCUT2D eigenvalue weighted by atomic mass is 19.1. The van der Waals surface area contributed by atoms with Gasteiger partial charge in [0.25, 0.3) is 5.91 Å². The van der Waals surface area contributed by atoms with Crippen LogP contribution in [0, 0.1) is 31.0 Å². The molecule has 0 unspecified atom stereocenters. The van der Waals surface area contributed by atoms with Crippen LogP contribution in [0.2, 0.25) is 0 Å². The molecule has 6 nitrogen and oxygen atoms in total. The van der Waals surface area contributed by atoms with Crippen LogP contribution in [0.5, 0.6) is 11.5 Å². The topological polar surface area (TPSA) is 87.3 Å². The van der Waals surface area contributed by atoms with E-state index < -0.39 is 5.91 Å². The molecule has 0 atom stereocenters. The summed E-state index contributed by atoms with van der Waals surface area (Å²) in [5.74, 6) is -0.0439. The fourth-order valence-corrected chi connectivity index (χ4v) is 3.82. The van der Waals surface area contributed by atoms with Gasteiger partial charge in [-0.05, 0) is 97.8 Å². The first-order chi connectivity index (χ1) is 17.3. The average Bonchev–Trinajstić information content (AvgIpc) is 3.16. The van der Waals surface area contributed by atoms with Gasteiger partial charge in [-0.3, -0.25) is 4.79 Å². The minimum Gasteiger partial charge on any atom is -0.508 e. The molecule has 0 bridgehead atoms. The zero-order valence-electron chi connectivity index (χ0n) is 19.8. The average molecular weight is 482 g/mol. The number of aromatic hydroxyl groups is 1. The molecule has 180 valence electrons. The minimum atomic E-state index is -0.532. The lowest BCUT2D eigenvalue weighted by Crippen LogP contribution is -2.13. The second-order valence-corrected chi connectivity index (χ2v) is 8.24. The number of carbonyl (C=O) groups is 1. The first-order valence-electron chi connectivity index (χ1n) is 11.2. The monoisotopic (exact) mass is 481 g/mol. The van der Waals surface area contributed by atoms with Gasteiger partial charge < -0.3 is 19.7 Å². The van der Waals surface area contributed by atoms with Crippen molar-refractivity contribution in [2.45, 2.75) is 20.5 Å².